The normalized spacial score (nSPS) is 29.9. The summed E-state index contributed by atoms with van der Waals surface area (Å²) in [6.07, 6.45) is 0.413. The smallest absolute Gasteiger partial charge is 0.264 e. The highest BCUT2D eigenvalue weighted by atomic mass is 32.3. The van der Waals surface area contributed by atoms with Crippen molar-refractivity contribution in [3.63, 3.8) is 0 Å². The Labute approximate surface area is 86.3 Å². The molecule has 0 atom stereocenters. The van der Waals surface area contributed by atoms with Gasteiger partial charge in [-0.25, -0.2) is 4.18 Å². The number of hydrogen-bond donors (Lipinski definition) is 1. The topological polar surface area (TPSA) is 63.6 Å². The third kappa shape index (κ3) is 3.77. The molecule has 0 unspecified atom stereocenters. The van der Waals surface area contributed by atoms with E-state index in [-0.39, 0.29) is 0 Å². The Bertz CT molecular complexity index is 358. The van der Waals surface area contributed by atoms with Crippen molar-refractivity contribution in [1.82, 2.24) is 0 Å². The fourth-order valence-electron chi connectivity index (χ4n) is 1.56. The fraction of sp³-hybridized carbons (Fsp3) is 0.778. The first-order valence-electron chi connectivity index (χ1n) is 5.05. The quantitative estimate of drug-likeness (QED) is 0.573. The first kappa shape index (κ1) is 10.1. The maximum Gasteiger partial charge on any atom is 0.397 e. The third-order valence-electron chi connectivity index (χ3n) is 2.34. The molecule has 0 radical (unpaired) electrons. The molecular weight excluding hydrogens is 204 g/mol. The van der Waals surface area contributed by atoms with Gasteiger partial charge in [0, 0.05) is 0 Å². The van der Waals surface area contributed by atoms with Gasteiger partial charge in [0.05, 0.1) is 7.45 Å². The number of allylic oxidation sites excluding steroid dienone is 2. The summed E-state index contributed by atoms with van der Waals surface area (Å²) in [6.45, 7) is 3.99. The SMILES string of the molecule is [2H]C1(OS(=O)(=O)O)CCC(=C(C)C)CC1. The molecule has 0 aromatic rings. The predicted octanol–water partition coefficient (Wildman–Crippen LogP) is 2.08. The van der Waals surface area contributed by atoms with Gasteiger partial charge in [0.1, 0.15) is 0 Å². The lowest BCUT2D eigenvalue weighted by Gasteiger charge is -2.23. The van der Waals surface area contributed by atoms with Crippen LogP contribution in [0, 0.1) is 0 Å². The maximum absolute atomic E-state index is 10.5. The van der Waals surface area contributed by atoms with Gasteiger partial charge in [0.25, 0.3) is 0 Å². The van der Waals surface area contributed by atoms with Crippen molar-refractivity contribution in [3.05, 3.63) is 11.1 Å². The van der Waals surface area contributed by atoms with E-state index in [0.717, 1.165) is 0 Å². The highest BCUT2D eigenvalue weighted by Gasteiger charge is 2.22. The fourth-order valence-corrected chi connectivity index (χ4v) is 2.03. The minimum Gasteiger partial charge on any atom is -0.264 e. The van der Waals surface area contributed by atoms with Crippen LogP contribution in [0.15, 0.2) is 11.1 Å². The van der Waals surface area contributed by atoms with Crippen LogP contribution < -0.4 is 0 Å². The Morgan fingerprint density at radius 3 is 2.36 bits per heavy atom. The summed E-state index contributed by atoms with van der Waals surface area (Å²) in [5.74, 6) is 0. The summed E-state index contributed by atoms with van der Waals surface area (Å²) in [5.41, 5.74) is 2.46. The molecular formula is C9H16O4S. The van der Waals surface area contributed by atoms with E-state index < -0.39 is 16.5 Å². The maximum atomic E-state index is 10.5. The molecule has 1 saturated carbocycles. The Balaban J connectivity index is 2.67. The molecule has 1 N–H and O–H groups in total. The lowest BCUT2D eigenvalue weighted by molar-refractivity contribution is 0.154. The second-order valence-corrected chi connectivity index (χ2v) is 4.68. The molecule has 14 heavy (non-hydrogen) atoms. The zero-order valence-electron chi connectivity index (χ0n) is 9.41. The van der Waals surface area contributed by atoms with Gasteiger partial charge in [0.2, 0.25) is 0 Å². The first-order valence-corrected chi connectivity index (χ1v) is 5.92. The standard InChI is InChI=1S/C9H16O4S/c1-7(2)8-3-5-9(6-4-8)13-14(10,11)12/h9H,3-6H2,1-2H3,(H,10,11,12)/i9D. The van der Waals surface area contributed by atoms with Crippen molar-refractivity contribution in [2.75, 3.05) is 0 Å². The van der Waals surface area contributed by atoms with E-state index in [1.807, 2.05) is 13.8 Å². The minimum atomic E-state index is -4.52. The number of hydrogen-bond acceptors (Lipinski definition) is 3. The van der Waals surface area contributed by atoms with Gasteiger partial charge in [-0.2, -0.15) is 8.42 Å². The lowest BCUT2D eigenvalue weighted by Crippen LogP contribution is -2.21. The molecule has 5 heteroatoms. The molecule has 0 heterocycles. The third-order valence-corrected chi connectivity index (χ3v) is 2.79. The first-order chi connectivity index (χ1) is 6.72. The van der Waals surface area contributed by atoms with Crippen LogP contribution >= 0.6 is 0 Å². The molecule has 0 bridgehead atoms. The van der Waals surface area contributed by atoms with Crippen molar-refractivity contribution < 1.29 is 18.5 Å². The van der Waals surface area contributed by atoms with Crippen molar-refractivity contribution in [2.24, 2.45) is 0 Å². The molecule has 0 spiro atoms. The summed E-state index contributed by atoms with van der Waals surface area (Å²) in [4.78, 5) is 0. The van der Waals surface area contributed by atoms with Crippen LogP contribution in [-0.2, 0) is 14.6 Å². The lowest BCUT2D eigenvalue weighted by atomic mass is 9.90. The summed E-state index contributed by atoms with van der Waals surface area (Å²) in [7, 11) is -4.52. The van der Waals surface area contributed by atoms with E-state index in [1.54, 1.807) is 0 Å². The van der Waals surface area contributed by atoms with Gasteiger partial charge < -0.3 is 0 Å². The molecule has 1 fully saturated rings. The molecule has 4 nitrogen and oxygen atoms in total. The summed E-state index contributed by atoms with van der Waals surface area (Å²) in [6, 6.07) is 0. The monoisotopic (exact) mass is 221 g/mol. The zero-order chi connectivity index (χ0) is 11.7. The Morgan fingerprint density at radius 2 is 2.00 bits per heavy atom. The predicted molar refractivity (Wildman–Crippen MR) is 53.3 cm³/mol. The highest BCUT2D eigenvalue weighted by molar-refractivity contribution is 7.80. The Morgan fingerprint density at radius 1 is 1.50 bits per heavy atom. The molecule has 0 amide bonds. The largest absolute Gasteiger partial charge is 0.397 e. The minimum absolute atomic E-state index is 0.299. The van der Waals surface area contributed by atoms with Gasteiger partial charge >= 0.3 is 10.4 Å². The van der Waals surface area contributed by atoms with Crippen LogP contribution in [-0.4, -0.2) is 19.1 Å². The van der Waals surface area contributed by atoms with Gasteiger partial charge in [-0.05, 0) is 39.5 Å². The molecule has 1 aliphatic carbocycles. The summed E-state index contributed by atoms with van der Waals surface area (Å²) < 4.78 is 41.7. The van der Waals surface area contributed by atoms with Crippen molar-refractivity contribution >= 4 is 10.4 Å². The Hall–Kier alpha value is -0.390. The van der Waals surface area contributed by atoms with Crippen LogP contribution in [0.5, 0.6) is 0 Å². The molecule has 0 aromatic heterocycles. The van der Waals surface area contributed by atoms with E-state index in [9.17, 15) is 8.42 Å². The highest BCUT2D eigenvalue weighted by Crippen LogP contribution is 2.28. The van der Waals surface area contributed by atoms with Crippen LogP contribution in [0.25, 0.3) is 0 Å². The van der Waals surface area contributed by atoms with E-state index in [1.165, 1.54) is 11.1 Å². The summed E-state index contributed by atoms with van der Waals surface area (Å²) in [5, 5.41) is 0. The number of rotatable bonds is 2. The second kappa shape index (κ2) is 4.42. The molecule has 1 rings (SSSR count). The van der Waals surface area contributed by atoms with Crippen molar-refractivity contribution in [2.45, 2.75) is 45.6 Å². The van der Waals surface area contributed by atoms with Gasteiger partial charge in [-0.3, -0.25) is 4.55 Å². The van der Waals surface area contributed by atoms with E-state index in [0.29, 0.717) is 25.7 Å². The van der Waals surface area contributed by atoms with Crippen LogP contribution in [0.4, 0.5) is 0 Å². The van der Waals surface area contributed by atoms with E-state index in [4.69, 9.17) is 5.92 Å². The molecule has 1 aliphatic rings. The van der Waals surface area contributed by atoms with Crippen LogP contribution in [0.3, 0.4) is 0 Å². The van der Waals surface area contributed by atoms with E-state index >= 15 is 0 Å². The van der Waals surface area contributed by atoms with Crippen molar-refractivity contribution in [1.29, 1.82) is 0 Å². The Kier molecular flexibility index (Phi) is 3.20. The molecule has 0 aromatic carbocycles. The van der Waals surface area contributed by atoms with Gasteiger partial charge in [-0.15, -0.1) is 0 Å². The molecule has 82 valence electrons. The van der Waals surface area contributed by atoms with Gasteiger partial charge in [-0.1, -0.05) is 11.1 Å². The van der Waals surface area contributed by atoms with Crippen LogP contribution in [0.1, 0.15) is 40.9 Å². The van der Waals surface area contributed by atoms with Gasteiger partial charge in [0.15, 0.2) is 0 Å². The van der Waals surface area contributed by atoms with Crippen molar-refractivity contribution in [3.8, 4) is 0 Å². The van der Waals surface area contributed by atoms with Crippen LogP contribution in [0.2, 0.25) is 0 Å². The summed E-state index contributed by atoms with van der Waals surface area (Å²) >= 11 is 0. The average Bonchev–Trinajstić information content (AvgIpc) is 2.00. The average molecular weight is 221 g/mol. The van der Waals surface area contributed by atoms with E-state index in [2.05, 4.69) is 4.18 Å². The molecule has 0 saturated heterocycles. The second-order valence-electron chi connectivity index (χ2n) is 3.65. The molecule has 0 aliphatic heterocycles. The zero-order valence-corrected chi connectivity index (χ0v) is 9.23.